The van der Waals surface area contributed by atoms with E-state index in [0.717, 1.165) is 16.9 Å². The van der Waals surface area contributed by atoms with Crippen molar-refractivity contribution < 1.29 is 19.4 Å². The van der Waals surface area contributed by atoms with Crippen LogP contribution < -0.4 is 4.74 Å². The number of carboxylic acids is 1. The molecule has 0 spiro atoms. The molecule has 1 amide bonds. The number of piperidine rings is 1. The van der Waals surface area contributed by atoms with Crippen LogP contribution in [0.3, 0.4) is 0 Å². The van der Waals surface area contributed by atoms with Crippen LogP contribution in [-0.4, -0.2) is 35.0 Å². The van der Waals surface area contributed by atoms with Gasteiger partial charge in [0.15, 0.2) is 0 Å². The van der Waals surface area contributed by atoms with E-state index < -0.39 is 5.97 Å². The van der Waals surface area contributed by atoms with E-state index in [4.69, 9.17) is 9.84 Å². The SMILES string of the molecule is Cc1cccc(COc2cccc(CC(=O)N3CCC(C(=O)O)CC3)c2)c1. The molecular formula is C22H25NO4. The van der Waals surface area contributed by atoms with Gasteiger partial charge in [0.05, 0.1) is 12.3 Å². The highest BCUT2D eigenvalue weighted by atomic mass is 16.5. The van der Waals surface area contributed by atoms with Crippen molar-refractivity contribution in [1.29, 1.82) is 0 Å². The largest absolute Gasteiger partial charge is 0.489 e. The molecule has 0 unspecified atom stereocenters. The van der Waals surface area contributed by atoms with Gasteiger partial charge in [-0.25, -0.2) is 0 Å². The molecule has 5 heteroatoms. The number of nitrogens with zero attached hydrogens (tertiary/aromatic N) is 1. The number of likely N-dealkylation sites (tertiary alicyclic amines) is 1. The van der Waals surface area contributed by atoms with Gasteiger partial charge in [-0.15, -0.1) is 0 Å². The van der Waals surface area contributed by atoms with Gasteiger partial charge < -0.3 is 14.7 Å². The summed E-state index contributed by atoms with van der Waals surface area (Å²) in [5.41, 5.74) is 3.21. The molecule has 1 saturated heterocycles. The molecule has 1 aliphatic heterocycles. The normalized spacial score (nSPS) is 14.8. The third kappa shape index (κ3) is 5.33. The van der Waals surface area contributed by atoms with E-state index in [0.29, 0.717) is 39.0 Å². The molecule has 2 aromatic carbocycles. The lowest BCUT2D eigenvalue weighted by atomic mass is 9.96. The maximum atomic E-state index is 12.5. The molecule has 0 saturated carbocycles. The lowest BCUT2D eigenvalue weighted by Gasteiger charge is -2.30. The highest BCUT2D eigenvalue weighted by Gasteiger charge is 2.26. The number of hydrogen-bond donors (Lipinski definition) is 1. The Morgan fingerprint density at radius 3 is 2.48 bits per heavy atom. The first-order chi connectivity index (χ1) is 13.0. The van der Waals surface area contributed by atoms with Crippen molar-refractivity contribution in [2.24, 2.45) is 5.92 Å². The molecule has 0 bridgehead atoms. The summed E-state index contributed by atoms with van der Waals surface area (Å²) < 4.78 is 5.87. The zero-order valence-electron chi connectivity index (χ0n) is 15.6. The predicted octanol–water partition coefficient (Wildman–Crippen LogP) is 3.44. The second-order valence-corrected chi connectivity index (χ2v) is 7.10. The third-order valence-corrected chi connectivity index (χ3v) is 4.94. The Hall–Kier alpha value is -2.82. The first-order valence-electron chi connectivity index (χ1n) is 9.29. The Morgan fingerprint density at radius 2 is 1.78 bits per heavy atom. The fraction of sp³-hybridized carbons (Fsp3) is 0.364. The van der Waals surface area contributed by atoms with Gasteiger partial charge >= 0.3 is 5.97 Å². The molecule has 0 radical (unpaired) electrons. The van der Waals surface area contributed by atoms with Crippen LogP contribution in [0.4, 0.5) is 0 Å². The number of carbonyl (C=O) groups is 2. The van der Waals surface area contributed by atoms with E-state index in [-0.39, 0.29) is 11.8 Å². The van der Waals surface area contributed by atoms with Crippen LogP contribution in [0, 0.1) is 12.8 Å². The highest BCUT2D eigenvalue weighted by Crippen LogP contribution is 2.20. The lowest BCUT2D eigenvalue weighted by Crippen LogP contribution is -2.40. The van der Waals surface area contributed by atoms with Crippen LogP contribution in [0.15, 0.2) is 48.5 Å². The van der Waals surface area contributed by atoms with Crippen molar-refractivity contribution >= 4 is 11.9 Å². The maximum absolute atomic E-state index is 12.5. The minimum atomic E-state index is -0.763. The van der Waals surface area contributed by atoms with Crippen LogP contribution in [0.25, 0.3) is 0 Å². The maximum Gasteiger partial charge on any atom is 0.306 e. The highest BCUT2D eigenvalue weighted by molar-refractivity contribution is 5.79. The second-order valence-electron chi connectivity index (χ2n) is 7.10. The molecule has 1 aliphatic rings. The summed E-state index contributed by atoms with van der Waals surface area (Å²) in [5, 5.41) is 9.06. The number of aliphatic carboxylic acids is 1. The first kappa shape index (κ1) is 19.0. The fourth-order valence-corrected chi connectivity index (χ4v) is 3.38. The van der Waals surface area contributed by atoms with Crippen LogP contribution in [0.5, 0.6) is 5.75 Å². The molecule has 0 atom stereocenters. The van der Waals surface area contributed by atoms with Crippen molar-refractivity contribution in [3.63, 3.8) is 0 Å². The van der Waals surface area contributed by atoms with Crippen LogP contribution in [0.2, 0.25) is 0 Å². The number of benzene rings is 2. The van der Waals surface area contributed by atoms with Crippen LogP contribution >= 0.6 is 0 Å². The monoisotopic (exact) mass is 367 g/mol. The van der Waals surface area contributed by atoms with Gasteiger partial charge in [-0.2, -0.15) is 0 Å². The molecule has 27 heavy (non-hydrogen) atoms. The minimum Gasteiger partial charge on any atom is -0.489 e. The number of amides is 1. The van der Waals surface area contributed by atoms with Gasteiger partial charge in [-0.05, 0) is 43.0 Å². The van der Waals surface area contributed by atoms with Crippen LogP contribution in [0.1, 0.15) is 29.5 Å². The van der Waals surface area contributed by atoms with Crippen molar-refractivity contribution in [1.82, 2.24) is 4.90 Å². The third-order valence-electron chi connectivity index (χ3n) is 4.94. The number of rotatable bonds is 6. The predicted molar refractivity (Wildman–Crippen MR) is 103 cm³/mol. The molecule has 0 aliphatic carbocycles. The Labute approximate surface area is 159 Å². The Morgan fingerprint density at radius 1 is 1.07 bits per heavy atom. The summed E-state index contributed by atoms with van der Waals surface area (Å²) in [4.78, 5) is 25.3. The Kier molecular flexibility index (Phi) is 6.12. The molecule has 1 N–H and O–H groups in total. The van der Waals surface area contributed by atoms with Crippen LogP contribution in [-0.2, 0) is 22.6 Å². The summed E-state index contributed by atoms with van der Waals surface area (Å²) in [6, 6.07) is 15.8. The lowest BCUT2D eigenvalue weighted by molar-refractivity contribution is -0.145. The van der Waals surface area contributed by atoms with Crippen molar-refractivity contribution in [2.75, 3.05) is 13.1 Å². The quantitative estimate of drug-likeness (QED) is 0.849. The molecule has 1 fully saturated rings. The summed E-state index contributed by atoms with van der Waals surface area (Å²) in [7, 11) is 0. The average Bonchev–Trinajstić information content (AvgIpc) is 2.67. The zero-order chi connectivity index (χ0) is 19.2. The van der Waals surface area contributed by atoms with Gasteiger partial charge in [0.2, 0.25) is 5.91 Å². The number of ether oxygens (including phenoxy) is 1. The van der Waals surface area contributed by atoms with Crippen molar-refractivity contribution in [3.05, 3.63) is 65.2 Å². The standard InChI is InChI=1S/C22H25NO4/c1-16-4-2-6-18(12-16)15-27-20-7-3-5-17(13-20)14-21(24)23-10-8-19(9-11-23)22(25)26/h2-7,12-13,19H,8-11,14-15H2,1H3,(H,25,26). The first-order valence-corrected chi connectivity index (χ1v) is 9.29. The van der Waals surface area contributed by atoms with E-state index in [9.17, 15) is 9.59 Å². The number of hydrogen-bond acceptors (Lipinski definition) is 3. The molecule has 5 nitrogen and oxygen atoms in total. The van der Waals surface area contributed by atoms with Gasteiger partial charge in [0.1, 0.15) is 12.4 Å². The average molecular weight is 367 g/mol. The molecule has 3 rings (SSSR count). The molecule has 2 aromatic rings. The second kappa shape index (κ2) is 8.71. The smallest absolute Gasteiger partial charge is 0.306 e. The van der Waals surface area contributed by atoms with Gasteiger partial charge in [0.25, 0.3) is 0 Å². The fourth-order valence-electron chi connectivity index (χ4n) is 3.38. The van der Waals surface area contributed by atoms with Crippen molar-refractivity contribution in [2.45, 2.75) is 32.8 Å². The minimum absolute atomic E-state index is 0.0367. The van der Waals surface area contributed by atoms with E-state index in [1.165, 1.54) is 5.56 Å². The van der Waals surface area contributed by atoms with Gasteiger partial charge in [-0.3, -0.25) is 9.59 Å². The number of aryl methyl sites for hydroxylation is 1. The Bertz CT molecular complexity index is 809. The molecule has 0 aromatic heterocycles. The summed E-state index contributed by atoms with van der Waals surface area (Å²) >= 11 is 0. The number of carboxylic acid groups (broad SMARTS) is 1. The van der Waals surface area contributed by atoms with E-state index in [1.54, 1.807) is 4.90 Å². The van der Waals surface area contributed by atoms with Gasteiger partial charge in [0, 0.05) is 13.1 Å². The van der Waals surface area contributed by atoms with E-state index in [1.807, 2.05) is 36.4 Å². The summed E-state index contributed by atoms with van der Waals surface area (Å²) in [5.74, 6) is -0.311. The summed E-state index contributed by atoms with van der Waals surface area (Å²) in [6.07, 6.45) is 1.36. The Balaban J connectivity index is 1.54. The van der Waals surface area contributed by atoms with E-state index in [2.05, 4.69) is 19.1 Å². The number of carbonyl (C=O) groups excluding carboxylic acids is 1. The molecular weight excluding hydrogens is 342 g/mol. The summed E-state index contributed by atoms with van der Waals surface area (Å²) in [6.45, 7) is 3.56. The van der Waals surface area contributed by atoms with Crippen molar-refractivity contribution in [3.8, 4) is 5.75 Å². The molecule has 1 heterocycles. The van der Waals surface area contributed by atoms with E-state index >= 15 is 0 Å². The topological polar surface area (TPSA) is 66.8 Å². The molecule has 142 valence electrons. The van der Waals surface area contributed by atoms with Gasteiger partial charge in [-0.1, -0.05) is 42.0 Å². The zero-order valence-corrected chi connectivity index (χ0v) is 15.6.